The highest BCUT2D eigenvalue weighted by atomic mass is 31.2. The van der Waals surface area contributed by atoms with Gasteiger partial charge < -0.3 is 24.4 Å². The molecule has 1 aliphatic rings. The molecule has 0 aromatic heterocycles. The molecule has 1 amide bonds. The van der Waals surface area contributed by atoms with E-state index in [1.807, 2.05) is 109 Å². The Morgan fingerprint density at radius 1 is 0.755 bits per heavy atom. The normalized spacial score (nSPS) is 12.6. The molecular formula is C42H40NO9P. The predicted molar refractivity (Wildman–Crippen MR) is 200 cm³/mol. The van der Waals surface area contributed by atoms with Crippen LogP contribution in [0.25, 0.3) is 11.1 Å². The fourth-order valence-corrected chi connectivity index (χ4v) is 7.30. The minimum Gasteiger partial charge on any atom is -0.460 e. The van der Waals surface area contributed by atoms with Crippen LogP contribution >= 0.6 is 7.82 Å². The predicted octanol–water partition coefficient (Wildman–Crippen LogP) is 8.28. The molecule has 0 fully saturated rings. The fraction of sp³-hybridized carbons (Fsp3) is 0.190. The molecule has 11 heteroatoms. The van der Waals surface area contributed by atoms with Crippen LogP contribution in [0, 0.1) is 0 Å². The number of rotatable bonds is 17. The molecule has 1 atom stereocenters. The molecule has 0 saturated carbocycles. The molecule has 6 rings (SSSR count). The Labute approximate surface area is 308 Å². The first-order valence-electron chi connectivity index (χ1n) is 17.1. The highest BCUT2D eigenvalue weighted by Crippen LogP contribution is 2.52. The molecule has 5 aromatic carbocycles. The van der Waals surface area contributed by atoms with Crippen LogP contribution in [0.2, 0.25) is 0 Å². The van der Waals surface area contributed by atoms with Crippen molar-refractivity contribution in [3.05, 3.63) is 173 Å². The van der Waals surface area contributed by atoms with E-state index in [4.69, 9.17) is 23.0 Å². The van der Waals surface area contributed by atoms with Crippen molar-refractivity contribution >= 4 is 19.9 Å². The second kappa shape index (κ2) is 17.8. The number of fused-ring (bicyclic) bond motifs is 3. The lowest BCUT2D eigenvalue weighted by Crippen LogP contribution is -2.44. The number of phosphoric ester groups is 1. The van der Waals surface area contributed by atoms with Crippen LogP contribution in [-0.4, -0.2) is 36.4 Å². The zero-order valence-electron chi connectivity index (χ0n) is 29.0. The third-order valence-corrected chi connectivity index (χ3v) is 9.98. The number of amides is 1. The highest BCUT2D eigenvalue weighted by Gasteiger charge is 2.32. The van der Waals surface area contributed by atoms with Crippen molar-refractivity contribution in [1.29, 1.82) is 0 Å². The first-order valence-corrected chi connectivity index (χ1v) is 18.6. The molecule has 0 heterocycles. The minimum atomic E-state index is -4.23. The van der Waals surface area contributed by atoms with E-state index in [-0.39, 0.29) is 50.1 Å². The van der Waals surface area contributed by atoms with Crippen molar-refractivity contribution in [3.8, 4) is 16.9 Å². The maximum Gasteiger partial charge on any atom is 0.530 e. The fourth-order valence-electron chi connectivity index (χ4n) is 6.09. The summed E-state index contributed by atoms with van der Waals surface area (Å²) >= 11 is 0. The van der Waals surface area contributed by atoms with E-state index in [0.29, 0.717) is 5.56 Å². The summed E-state index contributed by atoms with van der Waals surface area (Å²) < 4.78 is 42.4. The Morgan fingerprint density at radius 2 is 1.32 bits per heavy atom. The summed E-state index contributed by atoms with van der Waals surface area (Å²) in [7, 11) is -4.23. The van der Waals surface area contributed by atoms with Crippen molar-refractivity contribution in [2.24, 2.45) is 0 Å². The number of alkyl carbamates (subject to hydrolysis) is 1. The standard InChI is InChI=1S/C42H40NO9P/c1-2-23-48-41(45)39(43-42(46)49-29-38-36-19-11-9-17-34(36)35-18-10-12-20-37(35)38)25-32-21-22-40(33(24-32)26-44)52-53(47,50-27-30-13-5-3-6-14-30)51-28-31-15-7-4-8-16-31/h2-22,24,38-39,44H,1,23,25-29H2,(H,43,46)/t39-/m0/s1. The van der Waals surface area contributed by atoms with Crippen molar-refractivity contribution < 1.29 is 42.3 Å². The molecule has 53 heavy (non-hydrogen) atoms. The molecule has 272 valence electrons. The van der Waals surface area contributed by atoms with Gasteiger partial charge in [-0.05, 0) is 51.1 Å². The first kappa shape index (κ1) is 37.3. The molecule has 0 radical (unpaired) electrons. The van der Waals surface area contributed by atoms with Crippen LogP contribution in [0.4, 0.5) is 4.79 Å². The molecular weight excluding hydrogens is 693 g/mol. The van der Waals surface area contributed by atoms with Crippen LogP contribution in [0.5, 0.6) is 5.75 Å². The quantitative estimate of drug-likeness (QED) is 0.0551. The summed E-state index contributed by atoms with van der Waals surface area (Å²) in [5.41, 5.74) is 6.63. The zero-order valence-corrected chi connectivity index (χ0v) is 29.9. The first-order chi connectivity index (χ1) is 25.9. The van der Waals surface area contributed by atoms with Gasteiger partial charge in [0.1, 0.15) is 25.0 Å². The molecule has 2 N–H and O–H groups in total. The second-order valence-corrected chi connectivity index (χ2v) is 13.9. The number of phosphoric acid groups is 1. The molecule has 10 nitrogen and oxygen atoms in total. The van der Waals surface area contributed by atoms with Gasteiger partial charge in [-0.2, -0.15) is 0 Å². The second-order valence-electron chi connectivity index (χ2n) is 12.3. The minimum absolute atomic E-state index is 0.0138. The van der Waals surface area contributed by atoms with E-state index >= 15 is 0 Å². The van der Waals surface area contributed by atoms with E-state index in [9.17, 15) is 19.3 Å². The Hall–Kier alpha value is -5.51. The summed E-state index contributed by atoms with van der Waals surface area (Å²) in [4.78, 5) is 26.3. The average Bonchev–Trinajstić information content (AvgIpc) is 3.52. The number of ether oxygens (including phenoxy) is 2. The number of carbonyl (C=O) groups excluding carboxylic acids is 2. The number of esters is 1. The molecule has 0 spiro atoms. The number of nitrogens with one attached hydrogen (secondary N) is 1. The lowest BCUT2D eigenvalue weighted by molar-refractivity contribution is -0.144. The van der Waals surface area contributed by atoms with Gasteiger partial charge in [-0.15, -0.1) is 0 Å². The van der Waals surface area contributed by atoms with Crippen LogP contribution in [0.15, 0.2) is 140 Å². The molecule has 0 bridgehead atoms. The smallest absolute Gasteiger partial charge is 0.460 e. The largest absolute Gasteiger partial charge is 0.530 e. The van der Waals surface area contributed by atoms with Gasteiger partial charge in [0, 0.05) is 17.9 Å². The van der Waals surface area contributed by atoms with E-state index in [1.165, 1.54) is 12.1 Å². The zero-order chi connectivity index (χ0) is 37.0. The third kappa shape index (κ3) is 9.68. The molecule has 1 aliphatic carbocycles. The van der Waals surface area contributed by atoms with Crippen molar-refractivity contribution in [3.63, 3.8) is 0 Å². The van der Waals surface area contributed by atoms with Gasteiger partial charge in [-0.25, -0.2) is 14.2 Å². The van der Waals surface area contributed by atoms with Gasteiger partial charge in [-0.1, -0.05) is 128 Å². The van der Waals surface area contributed by atoms with Crippen LogP contribution in [-0.2, 0) is 54.1 Å². The summed E-state index contributed by atoms with van der Waals surface area (Å²) in [5, 5.41) is 13.0. The Morgan fingerprint density at radius 3 is 1.89 bits per heavy atom. The SMILES string of the molecule is C=CCOC(=O)[C@H](Cc1ccc(OP(=O)(OCc2ccccc2)OCc2ccccc2)c(CO)c1)NC(=O)OCC1c2ccccc2-c2ccccc21. The summed E-state index contributed by atoms with van der Waals surface area (Å²) in [6.07, 6.45) is 0.623. The average molecular weight is 734 g/mol. The van der Waals surface area contributed by atoms with Crippen molar-refractivity contribution in [1.82, 2.24) is 5.32 Å². The third-order valence-electron chi connectivity index (χ3n) is 8.67. The van der Waals surface area contributed by atoms with Gasteiger partial charge >= 0.3 is 19.9 Å². The van der Waals surface area contributed by atoms with Crippen LogP contribution in [0.3, 0.4) is 0 Å². The Bertz CT molecular complexity index is 1980. The lowest BCUT2D eigenvalue weighted by atomic mass is 9.98. The topological polar surface area (TPSA) is 130 Å². The summed E-state index contributed by atoms with van der Waals surface area (Å²) in [5.74, 6) is -0.795. The summed E-state index contributed by atoms with van der Waals surface area (Å²) in [6, 6.07) is 37.9. The van der Waals surface area contributed by atoms with E-state index in [2.05, 4.69) is 11.9 Å². The Kier molecular flexibility index (Phi) is 12.5. The number of benzene rings is 5. The van der Waals surface area contributed by atoms with Gasteiger partial charge in [0.05, 0.1) is 19.8 Å². The monoisotopic (exact) mass is 733 g/mol. The lowest BCUT2D eigenvalue weighted by Gasteiger charge is -2.21. The highest BCUT2D eigenvalue weighted by molar-refractivity contribution is 7.48. The summed E-state index contributed by atoms with van der Waals surface area (Å²) in [6.45, 7) is 3.01. The molecule has 0 saturated heterocycles. The number of hydrogen-bond acceptors (Lipinski definition) is 9. The molecule has 0 unspecified atom stereocenters. The number of carbonyl (C=O) groups is 2. The number of hydrogen-bond donors (Lipinski definition) is 2. The van der Waals surface area contributed by atoms with Crippen LogP contribution in [0.1, 0.15) is 39.3 Å². The molecule has 0 aliphatic heterocycles. The van der Waals surface area contributed by atoms with Gasteiger partial charge in [0.25, 0.3) is 0 Å². The maximum atomic E-state index is 14.0. The Balaban J connectivity index is 1.15. The van der Waals surface area contributed by atoms with E-state index < -0.39 is 32.5 Å². The van der Waals surface area contributed by atoms with Crippen molar-refractivity contribution in [2.45, 2.75) is 38.2 Å². The van der Waals surface area contributed by atoms with E-state index in [0.717, 1.165) is 33.4 Å². The maximum absolute atomic E-state index is 14.0. The number of aliphatic hydroxyl groups excluding tert-OH is 1. The number of aliphatic hydroxyl groups is 1. The van der Waals surface area contributed by atoms with Gasteiger partial charge in [0.2, 0.25) is 0 Å². The molecule has 5 aromatic rings. The van der Waals surface area contributed by atoms with E-state index in [1.54, 1.807) is 12.1 Å². The van der Waals surface area contributed by atoms with Gasteiger partial charge in [0.15, 0.2) is 0 Å². The van der Waals surface area contributed by atoms with Gasteiger partial charge in [-0.3, -0.25) is 9.05 Å². The van der Waals surface area contributed by atoms with Crippen LogP contribution < -0.4 is 9.84 Å². The van der Waals surface area contributed by atoms with Crippen molar-refractivity contribution in [2.75, 3.05) is 13.2 Å².